The smallest absolute Gasteiger partial charge is 0.465 e. The third-order valence-corrected chi connectivity index (χ3v) is 4.94. The van der Waals surface area contributed by atoms with Crippen LogP contribution in [0.15, 0.2) is 41.5 Å². The maximum absolute atomic E-state index is 11.7. The summed E-state index contributed by atoms with van der Waals surface area (Å²) < 4.78 is 18.4. The first-order valence-electron chi connectivity index (χ1n) is 9.84. The van der Waals surface area contributed by atoms with Gasteiger partial charge < -0.3 is 30.0 Å². The minimum Gasteiger partial charge on any atom is -0.465 e. The molecule has 0 aliphatic rings. The van der Waals surface area contributed by atoms with Crippen molar-refractivity contribution in [1.29, 1.82) is 0 Å². The Bertz CT molecular complexity index is 1210. The molecule has 0 N–H and O–H groups in total. The number of nitrogens with zero attached hydrogens (tertiary/aromatic N) is 6. The minimum absolute atomic E-state index is 0. The predicted molar refractivity (Wildman–Crippen MR) is 134 cm³/mol. The van der Waals surface area contributed by atoms with Crippen molar-refractivity contribution >= 4 is 39.8 Å². The van der Waals surface area contributed by atoms with Crippen LogP contribution in [0, 0.1) is 0 Å². The fourth-order valence-corrected chi connectivity index (χ4v) is 3.26. The molecule has 14 nitrogen and oxygen atoms in total. The van der Waals surface area contributed by atoms with Crippen LogP contribution in [0.1, 0.15) is 52.6 Å². The second kappa shape index (κ2) is 20.5. The number of halogens is 1. The van der Waals surface area contributed by atoms with Gasteiger partial charge in [0.1, 0.15) is 0 Å². The second-order valence-corrected chi connectivity index (χ2v) is 6.82. The Labute approximate surface area is 248 Å². The third-order valence-electron chi connectivity index (χ3n) is 4.34. The Balaban J connectivity index is 0. The van der Waals surface area contributed by atoms with Crippen LogP contribution in [-0.2, 0) is 30.8 Å². The molecule has 0 heterocycles. The summed E-state index contributed by atoms with van der Waals surface area (Å²) in [6, 6.07) is 9.55. The zero-order valence-corrected chi connectivity index (χ0v) is 24.8. The number of hydrogen-bond donors (Lipinski definition) is 0. The molecule has 0 fully saturated rings. The van der Waals surface area contributed by atoms with E-state index >= 15 is 0 Å². The Morgan fingerprint density at radius 1 is 0.737 bits per heavy atom. The van der Waals surface area contributed by atoms with Crippen LogP contribution in [0.25, 0.3) is 26.4 Å². The van der Waals surface area contributed by atoms with Gasteiger partial charge >= 0.3 is 53.4 Å². The molecule has 0 saturated heterocycles. The topological polar surface area (TPSA) is 213 Å². The molecule has 0 aromatic heterocycles. The number of carbonyl (C=O) groups is 4. The maximum atomic E-state index is 11.7. The van der Waals surface area contributed by atoms with Gasteiger partial charge in [0.15, 0.2) is 0 Å². The number of ether oxygens (including phenoxy) is 4. The largest absolute Gasteiger partial charge is 1.00 e. The molecule has 2 rings (SSSR count). The minimum atomic E-state index is -0.681. The zero-order valence-electron chi connectivity index (χ0n) is 21.2. The molecule has 0 spiro atoms. The summed E-state index contributed by atoms with van der Waals surface area (Å²) in [5.41, 5.74) is 23.5. The van der Waals surface area contributed by atoms with E-state index in [1.807, 2.05) is 0 Å². The van der Waals surface area contributed by atoms with Crippen molar-refractivity contribution in [3.8, 4) is 0 Å². The van der Waals surface area contributed by atoms with Crippen LogP contribution in [0.2, 0.25) is 0 Å². The van der Waals surface area contributed by atoms with Gasteiger partial charge in [-0.05, 0) is 28.8 Å². The van der Waals surface area contributed by atoms with Crippen LogP contribution in [0.4, 0.5) is 0 Å². The number of methoxy groups -OCH3 is 4. The van der Waals surface area contributed by atoms with Crippen molar-refractivity contribution in [2.75, 3.05) is 28.4 Å². The van der Waals surface area contributed by atoms with Gasteiger partial charge in [0.2, 0.25) is 0 Å². The number of benzene rings is 2. The molecule has 0 atom stereocenters. The summed E-state index contributed by atoms with van der Waals surface area (Å²) in [5.74, 6) is -2.43. The van der Waals surface area contributed by atoms with E-state index in [0.717, 1.165) is 0 Å². The molecule has 196 valence electrons. The Morgan fingerprint density at radius 2 is 1.11 bits per heavy atom. The van der Waals surface area contributed by atoms with Crippen LogP contribution >= 0.6 is 15.9 Å². The van der Waals surface area contributed by atoms with Gasteiger partial charge in [-0.25, -0.2) is 19.2 Å². The van der Waals surface area contributed by atoms with Crippen molar-refractivity contribution < 1.29 is 67.7 Å². The molecular formula is C22H22BrN6NaO8. The van der Waals surface area contributed by atoms with Gasteiger partial charge in [-0.3, -0.25) is 4.91 Å². The number of esters is 4. The molecule has 38 heavy (non-hydrogen) atoms. The third kappa shape index (κ3) is 10.8. The predicted octanol–water partition coefficient (Wildman–Crippen LogP) is 2.09. The van der Waals surface area contributed by atoms with Gasteiger partial charge in [0.25, 0.3) is 0 Å². The average Bonchev–Trinajstić information content (AvgIpc) is 2.94. The molecule has 16 heteroatoms. The molecule has 0 bridgehead atoms. The maximum Gasteiger partial charge on any atom is 1.00 e. The number of rotatable bonds is 7. The summed E-state index contributed by atoms with van der Waals surface area (Å²) in [6.45, 7) is -0.0498. The van der Waals surface area contributed by atoms with Gasteiger partial charge in [-0.1, -0.05) is 45.3 Å². The van der Waals surface area contributed by atoms with Crippen molar-refractivity contribution in [2.24, 2.45) is 5.11 Å². The fourth-order valence-electron chi connectivity index (χ4n) is 2.80. The quantitative estimate of drug-likeness (QED) is 0.0869. The van der Waals surface area contributed by atoms with Crippen LogP contribution in [-0.4, -0.2) is 52.3 Å². The van der Waals surface area contributed by atoms with Crippen LogP contribution in [0.3, 0.4) is 0 Å². The van der Waals surface area contributed by atoms with Crippen molar-refractivity contribution in [2.45, 2.75) is 11.9 Å². The second-order valence-electron chi connectivity index (χ2n) is 6.26. The standard InChI is InChI=1S/C11H11BrO4.C11H11N3O4.N3.Na/c1-15-10(13)8-5-3-4-7(6-12)9(8)11(14)16-2;1-17-10(15)8-5-3-4-7(6-13-14-12)9(8)11(16)18-2;1-3-2;/h3-5H,6H2,1-2H3;3-5H,6H2,1-2H3;;/q;;-1;+1. The molecule has 0 aliphatic heterocycles. The molecule has 0 saturated carbocycles. The molecule has 0 unspecified atom stereocenters. The van der Waals surface area contributed by atoms with E-state index < -0.39 is 23.9 Å². The van der Waals surface area contributed by atoms with Gasteiger partial charge in [0.05, 0.1) is 57.2 Å². The summed E-state index contributed by atoms with van der Waals surface area (Å²) in [6.07, 6.45) is 0. The van der Waals surface area contributed by atoms with Crippen molar-refractivity contribution in [1.82, 2.24) is 0 Å². The molecule has 2 aromatic rings. The number of hydrogen-bond acceptors (Lipinski definition) is 9. The van der Waals surface area contributed by atoms with Crippen LogP contribution in [0.5, 0.6) is 0 Å². The normalized spacial score (nSPS) is 8.66. The van der Waals surface area contributed by atoms with Gasteiger partial charge in [0, 0.05) is 10.2 Å². The van der Waals surface area contributed by atoms with E-state index in [9.17, 15) is 19.2 Å². The van der Waals surface area contributed by atoms with E-state index in [1.54, 1.807) is 24.3 Å². The first-order valence-corrected chi connectivity index (χ1v) is 11.0. The van der Waals surface area contributed by atoms with E-state index in [4.69, 9.17) is 16.6 Å². The van der Waals surface area contributed by atoms with Gasteiger partial charge in [-0.2, -0.15) is 0 Å². The summed E-state index contributed by atoms with van der Waals surface area (Å²) in [5, 5.41) is 3.83. The number of azide groups is 1. The SMILES string of the molecule is COC(=O)c1cccc(CBr)c1C(=O)OC.COC(=O)c1cccc(CN=[N+]=[N-])c1C(=O)OC.[N-]=[N+]=[N-].[Na+]. The molecular weight excluding hydrogens is 579 g/mol. The number of carbonyl (C=O) groups excluding carboxylic acids is 4. The molecule has 0 radical (unpaired) electrons. The van der Waals surface area contributed by atoms with Gasteiger partial charge in [-0.15, -0.1) is 0 Å². The number of alkyl halides is 1. The fraction of sp³-hybridized carbons (Fsp3) is 0.273. The Kier molecular flexibility index (Phi) is 19.7. The molecule has 2 aromatic carbocycles. The summed E-state index contributed by atoms with van der Waals surface area (Å²) in [4.78, 5) is 50.4. The monoisotopic (exact) mass is 600 g/mol. The Morgan fingerprint density at radius 3 is 1.45 bits per heavy atom. The molecule has 0 amide bonds. The first-order chi connectivity index (χ1) is 17.7. The van der Waals surface area contributed by atoms with Crippen molar-refractivity contribution in [3.63, 3.8) is 0 Å². The Hall–Kier alpha value is -3.58. The van der Waals surface area contributed by atoms with E-state index in [0.29, 0.717) is 16.5 Å². The van der Waals surface area contributed by atoms with Crippen molar-refractivity contribution in [3.05, 3.63) is 96.2 Å². The zero-order chi connectivity index (χ0) is 28.4. The first kappa shape index (κ1) is 36.6. The summed E-state index contributed by atoms with van der Waals surface area (Å²) >= 11 is 3.25. The summed E-state index contributed by atoms with van der Waals surface area (Å²) in [7, 11) is 4.95. The van der Waals surface area contributed by atoms with E-state index in [1.165, 1.54) is 45.5 Å². The van der Waals surface area contributed by atoms with E-state index in [2.05, 4.69) is 44.9 Å². The van der Waals surface area contributed by atoms with E-state index in [-0.39, 0.29) is 58.4 Å². The van der Waals surface area contributed by atoms with Crippen LogP contribution < -0.4 is 29.6 Å². The molecule has 0 aliphatic carbocycles. The average molecular weight is 601 g/mol.